The Labute approximate surface area is 129 Å². The predicted octanol–water partition coefficient (Wildman–Crippen LogP) is 3.07. The summed E-state index contributed by atoms with van der Waals surface area (Å²) in [5, 5.41) is 0. The average Bonchev–Trinajstić information content (AvgIpc) is 2.97. The van der Waals surface area contributed by atoms with Gasteiger partial charge in [0.2, 0.25) is 0 Å². The van der Waals surface area contributed by atoms with Crippen molar-refractivity contribution in [1.29, 1.82) is 0 Å². The summed E-state index contributed by atoms with van der Waals surface area (Å²) in [4.78, 5) is 22.0. The number of aromatic nitrogens is 2. The average molecular weight is 342 g/mol. The third-order valence-electron chi connectivity index (χ3n) is 4.24. The highest BCUT2D eigenvalue weighted by atomic mass is 79.9. The molecule has 1 N–H and O–H groups in total. The first-order chi connectivity index (χ1) is 9.65. The zero-order valence-electron chi connectivity index (χ0n) is 12.4. The van der Waals surface area contributed by atoms with Crippen LogP contribution in [-0.4, -0.2) is 34.5 Å². The molecule has 0 bridgehead atoms. The van der Waals surface area contributed by atoms with Crippen molar-refractivity contribution >= 4 is 15.9 Å². The molecule has 2 rings (SSSR count). The van der Waals surface area contributed by atoms with Crippen molar-refractivity contribution in [2.24, 2.45) is 0 Å². The maximum atomic E-state index is 12.0. The Hall–Kier alpha value is -0.680. The Morgan fingerprint density at radius 3 is 2.55 bits per heavy atom. The molecule has 0 radical (unpaired) electrons. The molecule has 1 saturated carbocycles. The van der Waals surface area contributed by atoms with Crippen molar-refractivity contribution in [1.82, 2.24) is 14.9 Å². The van der Waals surface area contributed by atoms with E-state index >= 15 is 0 Å². The topological polar surface area (TPSA) is 49.0 Å². The summed E-state index contributed by atoms with van der Waals surface area (Å²) >= 11 is 3.42. The Morgan fingerprint density at radius 2 is 1.95 bits per heavy atom. The summed E-state index contributed by atoms with van der Waals surface area (Å²) in [7, 11) is 0. The van der Waals surface area contributed by atoms with Crippen LogP contribution in [0.15, 0.2) is 9.27 Å². The fourth-order valence-corrected chi connectivity index (χ4v) is 3.43. The van der Waals surface area contributed by atoms with Gasteiger partial charge in [-0.15, -0.1) is 0 Å². The van der Waals surface area contributed by atoms with Crippen molar-refractivity contribution in [3.05, 3.63) is 26.3 Å². The molecule has 0 aliphatic heterocycles. The Morgan fingerprint density at radius 1 is 1.30 bits per heavy atom. The monoisotopic (exact) mass is 341 g/mol. The molecule has 112 valence electrons. The van der Waals surface area contributed by atoms with Crippen molar-refractivity contribution in [2.75, 3.05) is 19.6 Å². The molecule has 0 unspecified atom stereocenters. The summed E-state index contributed by atoms with van der Waals surface area (Å²) in [6.07, 6.45) is 5.62. The van der Waals surface area contributed by atoms with Crippen LogP contribution in [0.2, 0.25) is 0 Å². The van der Waals surface area contributed by atoms with Crippen LogP contribution >= 0.6 is 15.9 Å². The smallest absolute Gasteiger partial charge is 0.265 e. The summed E-state index contributed by atoms with van der Waals surface area (Å²) in [5.74, 6) is 1.28. The molecular formula is C15H24BrN3O. The number of nitrogens with one attached hydrogen (secondary N) is 1. The third kappa shape index (κ3) is 3.70. The van der Waals surface area contributed by atoms with Crippen LogP contribution in [0.4, 0.5) is 0 Å². The van der Waals surface area contributed by atoms with Crippen LogP contribution in [0.25, 0.3) is 0 Å². The minimum absolute atomic E-state index is 0.0311. The molecule has 0 atom stereocenters. The van der Waals surface area contributed by atoms with E-state index in [4.69, 9.17) is 4.98 Å². The molecular weight excluding hydrogens is 318 g/mol. The number of aromatic amines is 1. The highest BCUT2D eigenvalue weighted by Crippen LogP contribution is 2.35. The predicted molar refractivity (Wildman–Crippen MR) is 85.3 cm³/mol. The lowest BCUT2D eigenvalue weighted by atomic mass is 10.0. The van der Waals surface area contributed by atoms with Crippen LogP contribution < -0.4 is 5.56 Å². The molecule has 0 amide bonds. The molecule has 20 heavy (non-hydrogen) atoms. The molecule has 1 fully saturated rings. The van der Waals surface area contributed by atoms with E-state index in [-0.39, 0.29) is 5.56 Å². The standard InChI is InChI=1S/C15H24BrN3O/c1-3-19(4-2)10-9-12-17-14(11-7-5-6-8-11)13(16)15(20)18-12/h11H,3-10H2,1-2H3,(H,17,18,20). The van der Waals surface area contributed by atoms with E-state index in [1.807, 2.05) is 0 Å². The van der Waals surface area contributed by atoms with Gasteiger partial charge in [0.25, 0.3) is 5.56 Å². The van der Waals surface area contributed by atoms with Crippen LogP contribution in [0.3, 0.4) is 0 Å². The summed E-state index contributed by atoms with van der Waals surface area (Å²) in [6.45, 7) is 7.33. The largest absolute Gasteiger partial charge is 0.310 e. The van der Waals surface area contributed by atoms with Gasteiger partial charge < -0.3 is 9.88 Å². The van der Waals surface area contributed by atoms with Gasteiger partial charge in [0, 0.05) is 18.9 Å². The minimum Gasteiger partial charge on any atom is -0.310 e. The zero-order chi connectivity index (χ0) is 14.5. The number of rotatable bonds is 6. The Bertz CT molecular complexity index is 490. The summed E-state index contributed by atoms with van der Waals surface area (Å²) in [6, 6.07) is 0. The second-order valence-electron chi connectivity index (χ2n) is 5.47. The number of halogens is 1. The molecule has 1 heterocycles. The Balaban J connectivity index is 2.15. The first kappa shape index (κ1) is 15.7. The van der Waals surface area contributed by atoms with Crippen LogP contribution in [0.5, 0.6) is 0 Å². The van der Waals surface area contributed by atoms with Gasteiger partial charge in [0.05, 0.1) is 5.69 Å². The van der Waals surface area contributed by atoms with E-state index in [1.54, 1.807) is 0 Å². The van der Waals surface area contributed by atoms with Gasteiger partial charge in [0.1, 0.15) is 10.3 Å². The SMILES string of the molecule is CCN(CC)CCc1nc(C2CCCC2)c(Br)c(=O)[nH]1. The first-order valence-electron chi connectivity index (χ1n) is 7.66. The van der Waals surface area contributed by atoms with Crippen molar-refractivity contribution in [3.8, 4) is 0 Å². The van der Waals surface area contributed by atoms with E-state index in [2.05, 4.69) is 39.7 Å². The summed E-state index contributed by atoms with van der Waals surface area (Å²) in [5.41, 5.74) is 0.942. The maximum absolute atomic E-state index is 12.0. The van der Waals surface area contributed by atoms with Gasteiger partial charge in [-0.25, -0.2) is 4.98 Å². The van der Waals surface area contributed by atoms with Crippen molar-refractivity contribution < 1.29 is 0 Å². The fourth-order valence-electron chi connectivity index (χ4n) is 2.92. The van der Waals surface area contributed by atoms with Crippen LogP contribution in [0, 0.1) is 0 Å². The molecule has 0 spiro atoms. The molecule has 1 aromatic rings. The zero-order valence-corrected chi connectivity index (χ0v) is 14.0. The molecule has 5 heteroatoms. The highest BCUT2D eigenvalue weighted by molar-refractivity contribution is 9.10. The van der Waals surface area contributed by atoms with Crippen LogP contribution in [-0.2, 0) is 6.42 Å². The van der Waals surface area contributed by atoms with Gasteiger partial charge in [-0.05, 0) is 41.9 Å². The number of likely N-dealkylation sites (N-methyl/N-ethyl adjacent to an activating group) is 1. The number of hydrogen-bond donors (Lipinski definition) is 1. The fraction of sp³-hybridized carbons (Fsp3) is 0.733. The minimum atomic E-state index is -0.0311. The van der Waals surface area contributed by atoms with E-state index in [1.165, 1.54) is 12.8 Å². The van der Waals surface area contributed by atoms with E-state index in [0.29, 0.717) is 10.4 Å². The van der Waals surface area contributed by atoms with Crippen molar-refractivity contribution in [2.45, 2.75) is 51.9 Å². The van der Waals surface area contributed by atoms with Crippen molar-refractivity contribution in [3.63, 3.8) is 0 Å². The van der Waals surface area contributed by atoms with E-state index in [0.717, 1.165) is 50.4 Å². The molecule has 0 saturated heterocycles. The van der Waals surface area contributed by atoms with E-state index < -0.39 is 0 Å². The van der Waals surface area contributed by atoms with E-state index in [9.17, 15) is 4.79 Å². The lowest BCUT2D eigenvalue weighted by Crippen LogP contribution is -2.27. The normalized spacial score (nSPS) is 16.2. The second kappa shape index (κ2) is 7.36. The van der Waals surface area contributed by atoms with Gasteiger partial charge in [-0.3, -0.25) is 4.79 Å². The molecule has 0 aromatic carbocycles. The molecule has 1 aromatic heterocycles. The quantitative estimate of drug-likeness (QED) is 0.864. The van der Waals surface area contributed by atoms with Crippen LogP contribution in [0.1, 0.15) is 57.0 Å². The number of H-pyrrole nitrogens is 1. The molecule has 1 aliphatic rings. The lowest BCUT2D eigenvalue weighted by Gasteiger charge is -2.18. The highest BCUT2D eigenvalue weighted by Gasteiger charge is 2.23. The number of nitrogens with zero attached hydrogens (tertiary/aromatic N) is 2. The van der Waals surface area contributed by atoms with Gasteiger partial charge in [-0.2, -0.15) is 0 Å². The maximum Gasteiger partial charge on any atom is 0.265 e. The first-order valence-corrected chi connectivity index (χ1v) is 8.45. The third-order valence-corrected chi connectivity index (χ3v) is 5.00. The van der Waals surface area contributed by atoms with Gasteiger partial charge in [0.15, 0.2) is 0 Å². The van der Waals surface area contributed by atoms with Gasteiger partial charge >= 0.3 is 0 Å². The second-order valence-corrected chi connectivity index (χ2v) is 6.26. The Kier molecular flexibility index (Phi) is 5.78. The van der Waals surface area contributed by atoms with Gasteiger partial charge in [-0.1, -0.05) is 26.7 Å². The summed E-state index contributed by atoms with van der Waals surface area (Å²) < 4.78 is 0.635. The molecule has 1 aliphatic carbocycles. The number of hydrogen-bond acceptors (Lipinski definition) is 3. The lowest BCUT2D eigenvalue weighted by molar-refractivity contribution is 0.305. The molecule has 4 nitrogen and oxygen atoms in total.